The Balaban J connectivity index is 1.67. The highest BCUT2D eigenvalue weighted by atomic mass is 35.5. The van der Waals surface area contributed by atoms with Crippen molar-refractivity contribution in [3.8, 4) is 5.75 Å². The second kappa shape index (κ2) is 9.30. The van der Waals surface area contributed by atoms with E-state index in [2.05, 4.69) is 10.00 Å². The van der Waals surface area contributed by atoms with Crippen LogP contribution in [0.2, 0.25) is 5.02 Å². The average Bonchev–Trinajstić information content (AvgIpc) is 3.43. The maximum absolute atomic E-state index is 13.4. The minimum atomic E-state index is -0.176. The zero-order valence-corrected chi connectivity index (χ0v) is 18.6. The number of hydrogen-bond acceptors (Lipinski definition) is 7. The van der Waals surface area contributed by atoms with Crippen LogP contribution in [0.15, 0.2) is 24.4 Å². The van der Waals surface area contributed by atoms with Crippen molar-refractivity contribution in [1.82, 2.24) is 19.7 Å². The maximum Gasteiger partial charge on any atom is 0.280 e. The second-order valence-electron chi connectivity index (χ2n) is 6.89. The summed E-state index contributed by atoms with van der Waals surface area (Å²) in [5, 5.41) is 5.57. The highest BCUT2D eigenvalue weighted by Gasteiger charge is 2.25. The Bertz CT molecular complexity index is 1030. The lowest BCUT2D eigenvalue weighted by Gasteiger charge is -2.29. The van der Waals surface area contributed by atoms with Gasteiger partial charge in [0.15, 0.2) is 10.8 Å². The van der Waals surface area contributed by atoms with E-state index in [-0.39, 0.29) is 5.91 Å². The van der Waals surface area contributed by atoms with Crippen LogP contribution < -0.4 is 9.64 Å². The van der Waals surface area contributed by atoms with Gasteiger partial charge in [-0.25, -0.2) is 4.98 Å². The number of fused-ring (bicyclic) bond motifs is 1. The van der Waals surface area contributed by atoms with Crippen LogP contribution in [0.4, 0.5) is 5.13 Å². The Morgan fingerprint density at radius 2 is 2.13 bits per heavy atom. The van der Waals surface area contributed by atoms with Crippen molar-refractivity contribution in [2.45, 2.75) is 13.5 Å². The van der Waals surface area contributed by atoms with Gasteiger partial charge in [0.05, 0.1) is 30.0 Å². The highest BCUT2D eigenvalue weighted by Crippen LogP contribution is 2.39. The molecule has 10 heteroatoms. The minimum absolute atomic E-state index is 0.176. The Hall–Kier alpha value is -2.20. The number of hydrogen-bond donors (Lipinski definition) is 0. The molecule has 0 unspecified atom stereocenters. The third-order valence-electron chi connectivity index (χ3n) is 5.07. The predicted molar refractivity (Wildman–Crippen MR) is 118 cm³/mol. The molecule has 2 aromatic heterocycles. The Labute approximate surface area is 183 Å². The van der Waals surface area contributed by atoms with Gasteiger partial charge in [0.1, 0.15) is 11.3 Å². The Morgan fingerprint density at radius 3 is 2.83 bits per heavy atom. The summed E-state index contributed by atoms with van der Waals surface area (Å²) in [6, 6.07) is 5.32. The molecule has 1 aromatic carbocycles. The first kappa shape index (κ1) is 21.0. The lowest BCUT2D eigenvalue weighted by molar-refractivity contribution is 0.0391. The Morgan fingerprint density at radius 1 is 1.33 bits per heavy atom. The van der Waals surface area contributed by atoms with E-state index in [1.807, 2.05) is 13.1 Å². The molecule has 30 heavy (non-hydrogen) atoms. The standard InChI is InChI=1S/C20H24ClN5O3S/c1-3-25-7-6-15(23-25)19(27)26(9-8-24-10-12-29-13-11-24)20-22-17-16(28-2)5-4-14(21)18(17)30-20/h4-7H,3,8-13H2,1-2H3. The first-order valence-corrected chi connectivity index (χ1v) is 11.1. The summed E-state index contributed by atoms with van der Waals surface area (Å²) in [6.07, 6.45) is 1.81. The molecule has 1 saturated heterocycles. The number of ether oxygens (including phenoxy) is 2. The quantitative estimate of drug-likeness (QED) is 0.551. The van der Waals surface area contributed by atoms with Gasteiger partial charge in [-0.2, -0.15) is 5.10 Å². The van der Waals surface area contributed by atoms with Crippen molar-refractivity contribution in [3.63, 3.8) is 0 Å². The largest absolute Gasteiger partial charge is 0.494 e. The topological polar surface area (TPSA) is 72.7 Å². The van der Waals surface area contributed by atoms with Gasteiger partial charge in [-0.1, -0.05) is 22.9 Å². The summed E-state index contributed by atoms with van der Waals surface area (Å²) in [4.78, 5) is 22.1. The van der Waals surface area contributed by atoms with Crippen molar-refractivity contribution >= 4 is 44.2 Å². The van der Waals surface area contributed by atoms with Gasteiger partial charge >= 0.3 is 0 Å². The molecule has 0 saturated carbocycles. The molecule has 0 radical (unpaired) electrons. The SMILES string of the molecule is CCn1ccc(C(=O)N(CCN2CCOCC2)c2nc3c(OC)ccc(Cl)c3s2)n1. The molecule has 3 heterocycles. The molecule has 0 spiro atoms. The van der Waals surface area contributed by atoms with Crippen LogP contribution in [0.25, 0.3) is 10.2 Å². The van der Waals surface area contributed by atoms with E-state index < -0.39 is 0 Å². The number of thiazole rings is 1. The van der Waals surface area contributed by atoms with E-state index >= 15 is 0 Å². The van der Waals surface area contributed by atoms with E-state index in [0.717, 1.165) is 24.3 Å². The van der Waals surface area contributed by atoms with Gasteiger partial charge in [0, 0.05) is 38.9 Å². The van der Waals surface area contributed by atoms with E-state index in [0.29, 0.717) is 53.4 Å². The number of benzene rings is 1. The van der Waals surface area contributed by atoms with Gasteiger partial charge in [0.25, 0.3) is 5.91 Å². The zero-order valence-electron chi connectivity index (χ0n) is 17.0. The summed E-state index contributed by atoms with van der Waals surface area (Å²) >= 11 is 7.78. The number of carbonyl (C=O) groups excluding carboxylic acids is 1. The van der Waals surface area contributed by atoms with Crippen LogP contribution in [0.3, 0.4) is 0 Å². The molecule has 160 valence electrons. The molecule has 1 aliphatic heterocycles. The van der Waals surface area contributed by atoms with Gasteiger partial charge in [0.2, 0.25) is 0 Å². The fraction of sp³-hybridized carbons (Fsp3) is 0.450. The highest BCUT2D eigenvalue weighted by molar-refractivity contribution is 7.23. The predicted octanol–water partition coefficient (Wildman–Crippen LogP) is 3.15. The smallest absolute Gasteiger partial charge is 0.280 e. The van der Waals surface area contributed by atoms with Crippen LogP contribution >= 0.6 is 22.9 Å². The lowest BCUT2D eigenvalue weighted by atomic mass is 10.3. The molecular weight excluding hydrogens is 426 g/mol. The van der Waals surface area contributed by atoms with Crippen molar-refractivity contribution < 1.29 is 14.3 Å². The first-order valence-electron chi connectivity index (χ1n) is 9.89. The van der Waals surface area contributed by atoms with Crippen LogP contribution in [-0.2, 0) is 11.3 Å². The van der Waals surface area contributed by atoms with Crippen LogP contribution in [0.1, 0.15) is 17.4 Å². The molecule has 1 fully saturated rings. The average molecular weight is 450 g/mol. The van der Waals surface area contributed by atoms with Gasteiger partial charge in [-0.15, -0.1) is 0 Å². The van der Waals surface area contributed by atoms with E-state index in [1.54, 1.807) is 34.9 Å². The summed E-state index contributed by atoms with van der Waals surface area (Å²) in [6.45, 7) is 7.04. The van der Waals surface area contributed by atoms with Crippen LogP contribution in [0.5, 0.6) is 5.75 Å². The molecule has 0 N–H and O–H groups in total. The monoisotopic (exact) mass is 449 g/mol. The Kier molecular flexibility index (Phi) is 6.52. The number of nitrogens with zero attached hydrogens (tertiary/aromatic N) is 5. The number of halogens is 1. The van der Waals surface area contributed by atoms with Gasteiger partial charge in [-0.3, -0.25) is 19.3 Å². The molecule has 0 aliphatic carbocycles. The van der Waals surface area contributed by atoms with Gasteiger partial charge < -0.3 is 9.47 Å². The van der Waals surface area contributed by atoms with E-state index in [9.17, 15) is 4.79 Å². The van der Waals surface area contributed by atoms with Crippen molar-refractivity contribution in [3.05, 3.63) is 35.1 Å². The molecule has 0 atom stereocenters. The van der Waals surface area contributed by atoms with Crippen LogP contribution in [0, 0.1) is 0 Å². The number of carbonyl (C=O) groups is 1. The van der Waals surface area contributed by atoms with Crippen molar-refractivity contribution in [2.75, 3.05) is 51.4 Å². The fourth-order valence-electron chi connectivity index (χ4n) is 3.36. The maximum atomic E-state index is 13.4. The lowest BCUT2D eigenvalue weighted by Crippen LogP contribution is -2.43. The molecule has 0 bridgehead atoms. The second-order valence-corrected chi connectivity index (χ2v) is 8.28. The first-order chi connectivity index (χ1) is 14.6. The molecule has 3 aromatic rings. The number of anilines is 1. The number of amides is 1. The number of methoxy groups -OCH3 is 1. The zero-order chi connectivity index (χ0) is 21.1. The minimum Gasteiger partial charge on any atom is -0.494 e. The molecule has 1 amide bonds. The number of morpholine rings is 1. The summed E-state index contributed by atoms with van der Waals surface area (Å²) in [7, 11) is 1.60. The summed E-state index contributed by atoms with van der Waals surface area (Å²) < 4.78 is 13.4. The number of rotatable bonds is 7. The molecule has 4 rings (SSSR count). The summed E-state index contributed by atoms with van der Waals surface area (Å²) in [5.74, 6) is 0.456. The van der Waals surface area contributed by atoms with E-state index in [4.69, 9.17) is 26.1 Å². The molecule has 1 aliphatic rings. The van der Waals surface area contributed by atoms with Gasteiger partial charge in [-0.05, 0) is 25.1 Å². The van der Waals surface area contributed by atoms with E-state index in [1.165, 1.54) is 11.3 Å². The van der Waals surface area contributed by atoms with Crippen LogP contribution in [-0.4, -0.2) is 72.1 Å². The third kappa shape index (κ3) is 4.29. The number of aryl methyl sites for hydroxylation is 1. The summed E-state index contributed by atoms with van der Waals surface area (Å²) in [5.41, 5.74) is 1.06. The third-order valence-corrected chi connectivity index (χ3v) is 6.61. The molecular formula is C20H24ClN5O3S. The van der Waals surface area contributed by atoms with Crippen molar-refractivity contribution in [2.24, 2.45) is 0 Å². The van der Waals surface area contributed by atoms with Crippen molar-refractivity contribution in [1.29, 1.82) is 0 Å². The number of aromatic nitrogens is 3. The normalized spacial score (nSPS) is 14.9. The molecule has 8 nitrogen and oxygen atoms in total. The fourth-order valence-corrected chi connectivity index (χ4v) is 4.64.